The van der Waals surface area contributed by atoms with Gasteiger partial charge in [0.15, 0.2) is 0 Å². The number of rotatable bonds is 5. The van der Waals surface area contributed by atoms with Crippen LogP contribution >= 0.6 is 0 Å². The highest BCUT2D eigenvalue weighted by atomic mass is 16.1. The maximum absolute atomic E-state index is 12.6. The van der Waals surface area contributed by atoms with E-state index in [9.17, 15) is 4.79 Å². The molecule has 3 N–H and O–H groups in total. The van der Waals surface area contributed by atoms with Crippen molar-refractivity contribution < 1.29 is 4.79 Å². The van der Waals surface area contributed by atoms with Crippen molar-refractivity contribution in [2.45, 2.75) is 38.4 Å². The predicted octanol–water partition coefficient (Wildman–Crippen LogP) is 1.44. The molecule has 1 aromatic heterocycles. The fourth-order valence-corrected chi connectivity index (χ4v) is 4.01. The Morgan fingerprint density at radius 1 is 1.24 bits per heavy atom. The molecule has 3 atom stereocenters. The minimum absolute atomic E-state index is 0.0631. The monoisotopic (exact) mass is 339 g/mol. The number of nitrogens with zero attached hydrogens (tertiary/aromatic N) is 2. The van der Waals surface area contributed by atoms with Gasteiger partial charge in [-0.3, -0.25) is 20.3 Å². The summed E-state index contributed by atoms with van der Waals surface area (Å²) in [5, 5.41) is 7.50. The van der Waals surface area contributed by atoms with Crippen molar-refractivity contribution in [1.82, 2.24) is 25.9 Å². The van der Waals surface area contributed by atoms with Crippen LogP contribution in [0.3, 0.4) is 0 Å². The van der Waals surface area contributed by atoms with E-state index in [0.717, 1.165) is 31.5 Å². The van der Waals surface area contributed by atoms with Gasteiger partial charge in [0.25, 0.3) is 0 Å². The zero-order valence-corrected chi connectivity index (χ0v) is 14.3. The zero-order chi connectivity index (χ0) is 17.1. The van der Waals surface area contributed by atoms with Crippen LogP contribution in [0.25, 0.3) is 0 Å². The van der Waals surface area contributed by atoms with E-state index in [-0.39, 0.29) is 17.9 Å². The van der Waals surface area contributed by atoms with Crippen molar-refractivity contribution in [3.05, 3.63) is 53.9 Å². The molecular formula is C19H25N5O. The van der Waals surface area contributed by atoms with Gasteiger partial charge in [0.1, 0.15) is 0 Å². The van der Waals surface area contributed by atoms with Crippen LogP contribution in [-0.2, 0) is 17.9 Å². The van der Waals surface area contributed by atoms with Gasteiger partial charge in [0.05, 0.1) is 18.7 Å². The Morgan fingerprint density at radius 3 is 3.00 bits per heavy atom. The highest BCUT2D eigenvalue weighted by Crippen LogP contribution is 2.31. The number of benzene rings is 1. The van der Waals surface area contributed by atoms with Crippen molar-refractivity contribution in [3.8, 4) is 0 Å². The number of hydrogen-bond acceptors (Lipinski definition) is 4. The summed E-state index contributed by atoms with van der Waals surface area (Å²) in [5.74, 6) is 0.799. The number of fused-ring (bicyclic) bond motifs is 1. The molecule has 1 saturated carbocycles. The highest BCUT2D eigenvalue weighted by Gasteiger charge is 2.39. The summed E-state index contributed by atoms with van der Waals surface area (Å²) >= 11 is 0. The lowest BCUT2D eigenvalue weighted by Gasteiger charge is -2.31. The topological polar surface area (TPSA) is 71.0 Å². The molecule has 0 bridgehead atoms. The number of carbonyl (C=O) groups excluding carboxylic acids is 1. The van der Waals surface area contributed by atoms with Gasteiger partial charge in [0, 0.05) is 30.9 Å². The first-order valence-electron chi connectivity index (χ1n) is 9.11. The molecule has 132 valence electrons. The fourth-order valence-electron chi connectivity index (χ4n) is 4.01. The molecule has 1 aliphatic carbocycles. The van der Waals surface area contributed by atoms with E-state index in [2.05, 4.69) is 33.4 Å². The minimum Gasteiger partial charge on any atom is -0.352 e. The summed E-state index contributed by atoms with van der Waals surface area (Å²) < 4.78 is 1.91. The summed E-state index contributed by atoms with van der Waals surface area (Å²) in [6.07, 6.45) is 7.15. The molecule has 6 nitrogen and oxygen atoms in total. The van der Waals surface area contributed by atoms with Gasteiger partial charge in [-0.05, 0) is 24.3 Å². The van der Waals surface area contributed by atoms with Crippen LogP contribution in [0, 0.1) is 11.8 Å². The zero-order valence-electron chi connectivity index (χ0n) is 14.3. The van der Waals surface area contributed by atoms with Crippen LogP contribution in [0.15, 0.2) is 42.7 Å². The Hall–Kier alpha value is -2.18. The Bertz CT molecular complexity index is 714. The number of hydrazine groups is 1. The van der Waals surface area contributed by atoms with Crippen molar-refractivity contribution >= 4 is 5.91 Å². The van der Waals surface area contributed by atoms with Gasteiger partial charge in [-0.15, -0.1) is 0 Å². The van der Waals surface area contributed by atoms with Crippen molar-refractivity contribution in [2.75, 3.05) is 6.54 Å². The second-order valence-corrected chi connectivity index (χ2v) is 7.10. The van der Waals surface area contributed by atoms with E-state index in [0.29, 0.717) is 12.5 Å². The Labute approximate surface area is 148 Å². The van der Waals surface area contributed by atoms with Gasteiger partial charge in [-0.2, -0.15) is 5.10 Å². The van der Waals surface area contributed by atoms with Gasteiger partial charge in [-0.25, -0.2) is 0 Å². The number of hydrogen-bond donors (Lipinski definition) is 3. The highest BCUT2D eigenvalue weighted by molar-refractivity contribution is 5.79. The summed E-state index contributed by atoms with van der Waals surface area (Å²) in [6, 6.07) is 10.5. The lowest BCUT2D eigenvalue weighted by Crippen LogP contribution is -2.47. The standard InChI is InChI=1S/C19H25N5O/c25-19(17-8-4-7-16-11-21-23-18(16)17)20-9-15-10-22-24(13-15)12-14-5-2-1-3-6-14/h1-3,5-6,10,13,16-18,21,23H,4,7-9,11-12H2,(H,20,25). The lowest BCUT2D eigenvalue weighted by atomic mass is 9.77. The summed E-state index contributed by atoms with van der Waals surface area (Å²) in [6.45, 7) is 2.26. The smallest absolute Gasteiger partial charge is 0.225 e. The Morgan fingerprint density at radius 2 is 2.12 bits per heavy atom. The number of nitrogens with one attached hydrogen (secondary N) is 3. The molecule has 4 rings (SSSR count). The minimum atomic E-state index is 0.0631. The predicted molar refractivity (Wildman–Crippen MR) is 95.4 cm³/mol. The first-order valence-corrected chi connectivity index (χ1v) is 9.11. The molecule has 2 heterocycles. The number of aromatic nitrogens is 2. The van der Waals surface area contributed by atoms with E-state index in [1.54, 1.807) is 0 Å². The van der Waals surface area contributed by atoms with E-state index in [1.807, 2.05) is 35.3 Å². The van der Waals surface area contributed by atoms with Gasteiger partial charge in [0.2, 0.25) is 5.91 Å². The number of amides is 1. The molecule has 0 spiro atoms. The summed E-state index contributed by atoms with van der Waals surface area (Å²) in [5.41, 5.74) is 8.75. The van der Waals surface area contributed by atoms with Gasteiger partial charge >= 0.3 is 0 Å². The van der Waals surface area contributed by atoms with Crippen molar-refractivity contribution in [2.24, 2.45) is 11.8 Å². The molecule has 1 saturated heterocycles. The summed E-state index contributed by atoms with van der Waals surface area (Å²) in [4.78, 5) is 12.6. The van der Waals surface area contributed by atoms with Gasteiger partial charge < -0.3 is 5.32 Å². The Balaban J connectivity index is 1.31. The van der Waals surface area contributed by atoms with Crippen LogP contribution in [0.4, 0.5) is 0 Å². The van der Waals surface area contributed by atoms with E-state index in [1.165, 1.54) is 12.0 Å². The molecule has 2 aliphatic rings. The van der Waals surface area contributed by atoms with Crippen LogP contribution in [0.2, 0.25) is 0 Å². The average Bonchev–Trinajstić information content (AvgIpc) is 3.29. The van der Waals surface area contributed by atoms with E-state index >= 15 is 0 Å². The van der Waals surface area contributed by atoms with E-state index < -0.39 is 0 Å². The second kappa shape index (κ2) is 7.37. The van der Waals surface area contributed by atoms with Crippen molar-refractivity contribution in [1.29, 1.82) is 0 Å². The molecule has 3 unspecified atom stereocenters. The maximum Gasteiger partial charge on any atom is 0.225 e. The largest absolute Gasteiger partial charge is 0.352 e. The molecular weight excluding hydrogens is 314 g/mol. The van der Waals surface area contributed by atoms with Crippen LogP contribution in [0.5, 0.6) is 0 Å². The third-order valence-electron chi connectivity index (χ3n) is 5.34. The molecule has 6 heteroatoms. The Kier molecular flexibility index (Phi) is 4.81. The molecule has 0 radical (unpaired) electrons. The van der Waals surface area contributed by atoms with Crippen LogP contribution in [0.1, 0.15) is 30.4 Å². The first-order chi connectivity index (χ1) is 12.3. The average molecular weight is 339 g/mol. The third-order valence-corrected chi connectivity index (χ3v) is 5.34. The third kappa shape index (κ3) is 3.75. The SMILES string of the molecule is O=C(NCc1cnn(Cc2ccccc2)c1)C1CCCC2CNNC21. The normalized spacial score (nSPS) is 25.5. The van der Waals surface area contributed by atoms with Crippen LogP contribution < -0.4 is 16.2 Å². The molecule has 1 amide bonds. The number of carbonyl (C=O) groups is 1. The quantitative estimate of drug-likeness (QED) is 0.771. The second-order valence-electron chi connectivity index (χ2n) is 7.10. The molecule has 1 aliphatic heterocycles. The van der Waals surface area contributed by atoms with Gasteiger partial charge in [-0.1, -0.05) is 36.8 Å². The first kappa shape index (κ1) is 16.3. The van der Waals surface area contributed by atoms with Crippen molar-refractivity contribution in [3.63, 3.8) is 0 Å². The fraction of sp³-hybridized carbons (Fsp3) is 0.474. The maximum atomic E-state index is 12.6. The molecule has 1 aromatic carbocycles. The summed E-state index contributed by atoms with van der Waals surface area (Å²) in [7, 11) is 0. The van der Waals surface area contributed by atoms with E-state index in [4.69, 9.17) is 0 Å². The lowest BCUT2D eigenvalue weighted by molar-refractivity contribution is -0.127. The molecule has 25 heavy (non-hydrogen) atoms. The molecule has 2 aromatic rings. The molecule has 2 fully saturated rings. The van der Waals surface area contributed by atoms with Crippen LogP contribution in [-0.4, -0.2) is 28.3 Å².